The van der Waals surface area contributed by atoms with Gasteiger partial charge in [-0.05, 0) is 12.1 Å². The Hall–Kier alpha value is -2.56. The van der Waals surface area contributed by atoms with Crippen molar-refractivity contribution in [2.75, 3.05) is 7.11 Å². The molecule has 7 nitrogen and oxygen atoms in total. The number of benzene rings is 1. The number of thioether (sulfide) groups is 1. The van der Waals surface area contributed by atoms with Crippen molar-refractivity contribution < 1.29 is 22.4 Å². The van der Waals surface area contributed by atoms with Crippen molar-refractivity contribution in [3.63, 3.8) is 0 Å². The maximum atomic E-state index is 12.7. The van der Waals surface area contributed by atoms with E-state index in [2.05, 4.69) is 20.3 Å². The molecule has 0 N–H and O–H groups in total. The van der Waals surface area contributed by atoms with Gasteiger partial charge in [0, 0.05) is 7.05 Å². The zero-order valence-electron chi connectivity index (χ0n) is 13.1. The average Bonchev–Trinajstić information content (AvgIpc) is 3.19. The summed E-state index contributed by atoms with van der Waals surface area (Å²) in [4.78, 5) is 4.23. The third-order valence-electron chi connectivity index (χ3n) is 3.23. The number of nitrogens with zero attached hydrogens (tertiary/aromatic N) is 5. The number of methoxy groups -OCH3 is 1. The van der Waals surface area contributed by atoms with Gasteiger partial charge in [0.15, 0.2) is 5.16 Å². The Morgan fingerprint density at radius 2 is 2.00 bits per heavy atom. The Kier molecular flexibility index (Phi) is 4.66. The van der Waals surface area contributed by atoms with Crippen LogP contribution in [0.5, 0.6) is 5.75 Å². The Morgan fingerprint density at radius 3 is 2.68 bits per heavy atom. The molecule has 0 amide bonds. The molecule has 0 unspecified atom stereocenters. The van der Waals surface area contributed by atoms with Gasteiger partial charge in [0.1, 0.15) is 5.75 Å². The molecule has 0 fully saturated rings. The number of hydrogen-bond acceptors (Lipinski definition) is 7. The van der Waals surface area contributed by atoms with Gasteiger partial charge in [0.25, 0.3) is 0 Å². The molecule has 11 heteroatoms. The number of aromatic nitrogens is 5. The molecule has 3 rings (SSSR count). The van der Waals surface area contributed by atoms with Crippen LogP contribution >= 0.6 is 11.8 Å². The van der Waals surface area contributed by atoms with E-state index >= 15 is 0 Å². The molecule has 0 saturated heterocycles. The van der Waals surface area contributed by atoms with E-state index in [1.54, 1.807) is 18.2 Å². The van der Waals surface area contributed by atoms with E-state index in [9.17, 15) is 13.2 Å². The molecule has 2 aromatic heterocycles. The fraction of sp³-hybridized carbons (Fsp3) is 0.286. The molecule has 0 atom stereocenters. The number of para-hydroxylation sites is 1. The fourth-order valence-electron chi connectivity index (χ4n) is 2.07. The minimum absolute atomic E-state index is 0.101. The summed E-state index contributed by atoms with van der Waals surface area (Å²) in [7, 11) is 2.78. The Balaban J connectivity index is 1.74. The first-order valence-corrected chi connectivity index (χ1v) is 7.94. The second-order valence-electron chi connectivity index (χ2n) is 4.86. The van der Waals surface area contributed by atoms with Crippen molar-refractivity contribution in [2.24, 2.45) is 7.05 Å². The molecule has 0 radical (unpaired) electrons. The van der Waals surface area contributed by atoms with Crippen LogP contribution < -0.4 is 4.74 Å². The van der Waals surface area contributed by atoms with Crippen molar-refractivity contribution in [1.29, 1.82) is 0 Å². The summed E-state index contributed by atoms with van der Waals surface area (Å²) in [6.45, 7) is 0. The zero-order valence-corrected chi connectivity index (χ0v) is 13.9. The van der Waals surface area contributed by atoms with E-state index in [4.69, 9.17) is 9.26 Å². The molecule has 0 aliphatic rings. The quantitative estimate of drug-likeness (QED) is 0.637. The van der Waals surface area contributed by atoms with Gasteiger partial charge in [-0.1, -0.05) is 29.1 Å². The first-order chi connectivity index (χ1) is 11.9. The van der Waals surface area contributed by atoms with Crippen LogP contribution in [0.15, 0.2) is 33.9 Å². The number of ether oxygens (including phenoxy) is 1. The molecule has 0 spiro atoms. The van der Waals surface area contributed by atoms with Crippen LogP contribution in [-0.4, -0.2) is 32.0 Å². The Morgan fingerprint density at radius 1 is 1.24 bits per heavy atom. The Labute approximate surface area is 144 Å². The highest BCUT2D eigenvalue weighted by Gasteiger charge is 2.37. The predicted octanol–water partition coefficient (Wildman–Crippen LogP) is 3.18. The normalized spacial score (nSPS) is 11.7. The SMILES string of the molecule is COc1ccccc1-c1noc(CSc2nnc(C(F)(F)F)n2C)n1. The van der Waals surface area contributed by atoms with E-state index in [-0.39, 0.29) is 16.8 Å². The fourth-order valence-corrected chi connectivity index (χ4v) is 2.81. The van der Waals surface area contributed by atoms with Crippen molar-refractivity contribution in [1.82, 2.24) is 24.9 Å². The van der Waals surface area contributed by atoms with E-state index in [0.717, 1.165) is 16.3 Å². The molecule has 2 heterocycles. The van der Waals surface area contributed by atoms with Gasteiger partial charge >= 0.3 is 6.18 Å². The van der Waals surface area contributed by atoms with E-state index in [0.29, 0.717) is 17.1 Å². The first-order valence-electron chi connectivity index (χ1n) is 6.95. The standard InChI is InChI=1S/C14H12F3N5O2S/c1-22-12(14(15,16)17)19-20-13(22)25-7-10-18-11(21-24-10)8-5-3-4-6-9(8)23-2/h3-6H,7H2,1-2H3. The van der Waals surface area contributed by atoms with Crippen molar-refractivity contribution in [3.05, 3.63) is 36.0 Å². The summed E-state index contributed by atoms with van der Waals surface area (Å²) in [5.74, 6) is 0.275. The molecule has 0 saturated carbocycles. The molecule has 3 aromatic rings. The van der Waals surface area contributed by atoms with Crippen molar-refractivity contribution in [3.8, 4) is 17.1 Å². The topological polar surface area (TPSA) is 78.9 Å². The molecular weight excluding hydrogens is 359 g/mol. The molecule has 0 bridgehead atoms. The third-order valence-corrected chi connectivity index (χ3v) is 4.23. The smallest absolute Gasteiger partial charge is 0.451 e. The summed E-state index contributed by atoms with van der Waals surface area (Å²) in [5, 5.41) is 10.7. The maximum Gasteiger partial charge on any atom is 0.451 e. The van der Waals surface area contributed by atoms with Crippen LogP contribution in [0.3, 0.4) is 0 Å². The summed E-state index contributed by atoms with van der Waals surface area (Å²) in [5.41, 5.74) is 0.656. The minimum Gasteiger partial charge on any atom is -0.496 e. The van der Waals surface area contributed by atoms with E-state index < -0.39 is 12.0 Å². The molecule has 0 aliphatic carbocycles. The molecule has 1 aromatic carbocycles. The second kappa shape index (κ2) is 6.75. The number of rotatable bonds is 5. The van der Waals surface area contributed by atoms with Crippen LogP contribution in [0.4, 0.5) is 13.2 Å². The lowest BCUT2D eigenvalue weighted by Gasteiger charge is -2.05. The van der Waals surface area contributed by atoms with Crippen LogP contribution in [0.2, 0.25) is 0 Å². The third kappa shape index (κ3) is 3.60. The average molecular weight is 371 g/mol. The van der Waals surface area contributed by atoms with Crippen LogP contribution in [0.25, 0.3) is 11.4 Å². The summed E-state index contributed by atoms with van der Waals surface area (Å²) in [6.07, 6.45) is -4.55. The highest BCUT2D eigenvalue weighted by Crippen LogP contribution is 2.31. The van der Waals surface area contributed by atoms with Gasteiger partial charge < -0.3 is 13.8 Å². The summed E-state index contributed by atoms with van der Waals surface area (Å²) in [6, 6.07) is 7.16. The number of halogens is 3. The lowest BCUT2D eigenvalue weighted by atomic mass is 10.2. The summed E-state index contributed by atoms with van der Waals surface area (Å²) < 4.78 is 49.4. The first kappa shape index (κ1) is 17.3. The largest absolute Gasteiger partial charge is 0.496 e. The molecular formula is C14H12F3N5O2S. The molecule has 132 valence electrons. The van der Waals surface area contributed by atoms with Gasteiger partial charge in [-0.2, -0.15) is 18.2 Å². The second-order valence-corrected chi connectivity index (χ2v) is 5.81. The highest BCUT2D eigenvalue weighted by molar-refractivity contribution is 7.98. The van der Waals surface area contributed by atoms with Gasteiger partial charge in [0.05, 0.1) is 18.4 Å². The van der Waals surface area contributed by atoms with E-state index in [1.165, 1.54) is 14.2 Å². The monoisotopic (exact) mass is 371 g/mol. The van der Waals surface area contributed by atoms with Crippen LogP contribution in [-0.2, 0) is 19.0 Å². The molecule has 25 heavy (non-hydrogen) atoms. The number of hydrogen-bond donors (Lipinski definition) is 0. The predicted molar refractivity (Wildman–Crippen MR) is 81.9 cm³/mol. The number of alkyl halides is 3. The van der Waals surface area contributed by atoms with Crippen LogP contribution in [0, 0.1) is 0 Å². The lowest BCUT2D eigenvalue weighted by molar-refractivity contribution is -0.147. The van der Waals surface area contributed by atoms with Gasteiger partial charge in [0.2, 0.25) is 17.5 Å². The van der Waals surface area contributed by atoms with Crippen LogP contribution in [0.1, 0.15) is 11.7 Å². The zero-order chi connectivity index (χ0) is 18.0. The summed E-state index contributed by atoms with van der Waals surface area (Å²) >= 11 is 1.02. The van der Waals surface area contributed by atoms with Crippen molar-refractivity contribution >= 4 is 11.8 Å². The molecule has 0 aliphatic heterocycles. The highest BCUT2D eigenvalue weighted by atomic mass is 32.2. The lowest BCUT2D eigenvalue weighted by Crippen LogP contribution is -2.12. The van der Waals surface area contributed by atoms with Gasteiger partial charge in [-0.25, -0.2) is 0 Å². The Bertz CT molecular complexity index is 877. The van der Waals surface area contributed by atoms with Crippen molar-refractivity contribution in [2.45, 2.75) is 17.1 Å². The van der Waals surface area contributed by atoms with Gasteiger partial charge in [-0.15, -0.1) is 10.2 Å². The maximum absolute atomic E-state index is 12.7. The minimum atomic E-state index is -4.55. The van der Waals surface area contributed by atoms with Gasteiger partial charge in [-0.3, -0.25) is 0 Å². The van der Waals surface area contributed by atoms with E-state index in [1.807, 2.05) is 6.07 Å².